The van der Waals surface area contributed by atoms with Gasteiger partial charge in [0.25, 0.3) is 0 Å². The van der Waals surface area contributed by atoms with Gasteiger partial charge in [-0.2, -0.15) is 18.4 Å². The number of ether oxygens (including phenoxy) is 1. The molecule has 0 saturated heterocycles. The van der Waals surface area contributed by atoms with Gasteiger partial charge in [-0.1, -0.05) is 35.5 Å². The van der Waals surface area contributed by atoms with E-state index in [1.54, 1.807) is 0 Å². The molecule has 0 aliphatic heterocycles. The van der Waals surface area contributed by atoms with Crippen LogP contribution >= 0.6 is 0 Å². The van der Waals surface area contributed by atoms with E-state index >= 15 is 0 Å². The molecule has 0 atom stereocenters. The molecule has 0 radical (unpaired) electrons. The molecule has 5 nitrogen and oxygen atoms in total. The lowest BCUT2D eigenvalue weighted by atomic mass is 10.1. The number of nitrogens with one attached hydrogen (secondary N) is 1. The number of halogens is 3. The Morgan fingerprint density at radius 3 is 2.59 bits per heavy atom. The van der Waals surface area contributed by atoms with Crippen LogP contribution in [0, 0.1) is 11.3 Å². The topological polar surface area (TPSA) is 74.6 Å². The highest BCUT2D eigenvalue weighted by Crippen LogP contribution is 2.35. The summed E-state index contributed by atoms with van der Waals surface area (Å²) in [5.74, 6) is 0.0692. The first-order valence-electron chi connectivity index (χ1n) is 8.18. The summed E-state index contributed by atoms with van der Waals surface area (Å²) in [6.45, 7) is 0.263. The van der Waals surface area contributed by atoms with Crippen molar-refractivity contribution in [3.63, 3.8) is 0 Å². The van der Waals surface area contributed by atoms with E-state index in [1.807, 2.05) is 36.4 Å². The number of benzene rings is 2. The van der Waals surface area contributed by atoms with E-state index in [-0.39, 0.29) is 29.3 Å². The molecule has 3 rings (SSSR count). The summed E-state index contributed by atoms with van der Waals surface area (Å²) >= 11 is 0. The molecule has 8 heteroatoms. The van der Waals surface area contributed by atoms with Crippen LogP contribution in [-0.2, 0) is 12.6 Å². The fourth-order valence-electron chi connectivity index (χ4n) is 2.60. The molecule has 27 heavy (non-hydrogen) atoms. The molecule has 1 N–H and O–H groups in total. The van der Waals surface area contributed by atoms with Gasteiger partial charge >= 0.3 is 6.18 Å². The maximum absolute atomic E-state index is 13.2. The molecule has 0 aliphatic rings. The molecular weight excluding hydrogens is 357 g/mol. The second kappa shape index (κ2) is 7.91. The number of aromatic nitrogens is 3. The van der Waals surface area contributed by atoms with Crippen molar-refractivity contribution < 1.29 is 17.9 Å². The van der Waals surface area contributed by atoms with E-state index in [9.17, 15) is 13.2 Å². The van der Waals surface area contributed by atoms with Crippen LogP contribution in [0.4, 0.5) is 13.2 Å². The predicted molar refractivity (Wildman–Crippen MR) is 91.8 cm³/mol. The average Bonchev–Trinajstić information content (AvgIpc) is 3.14. The van der Waals surface area contributed by atoms with Crippen molar-refractivity contribution in [2.45, 2.75) is 19.0 Å². The van der Waals surface area contributed by atoms with E-state index < -0.39 is 11.7 Å². The third-order valence-electron chi connectivity index (χ3n) is 3.89. The zero-order valence-electron chi connectivity index (χ0n) is 14.1. The van der Waals surface area contributed by atoms with Gasteiger partial charge in [0.15, 0.2) is 5.69 Å². The summed E-state index contributed by atoms with van der Waals surface area (Å²) in [5, 5.41) is 18.6. The molecule has 0 aliphatic carbocycles. The predicted octanol–water partition coefficient (Wildman–Crippen LogP) is 4.37. The Morgan fingerprint density at radius 2 is 1.89 bits per heavy atom. The second-order valence-corrected chi connectivity index (χ2v) is 5.83. The normalized spacial score (nSPS) is 11.2. The summed E-state index contributed by atoms with van der Waals surface area (Å²) in [6, 6.07) is 14.9. The Hall–Kier alpha value is -3.34. The third-order valence-corrected chi connectivity index (χ3v) is 3.89. The monoisotopic (exact) mass is 372 g/mol. The molecule has 0 bridgehead atoms. The van der Waals surface area contributed by atoms with Crippen molar-refractivity contribution in [2.75, 3.05) is 6.61 Å². The third kappa shape index (κ3) is 4.64. The molecule has 0 spiro atoms. The second-order valence-electron chi connectivity index (χ2n) is 5.83. The van der Waals surface area contributed by atoms with Gasteiger partial charge in [0, 0.05) is 5.56 Å². The lowest BCUT2D eigenvalue weighted by Gasteiger charge is -2.12. The minimum absolute atomic E-state index is 0.00986. The van der Waals surface area contributed by atoms with Crippen molar-refractivity contribution in [2.24, 2.45) is 0 Å². The summed E-state index contributed by atoms with van der Waals surface area (Å²) in [5.41, 5.74) is 0.423. The standard InChI is InChI=1S/C19H15F3N4O/c20-19(21,22)15-9-14(18-17(12-23)24-26-25-18)10-16(11-15)27-8-4-7-13-5-2-1-3-6-13/h1-3,5-6,9-11H,4,7-8H2,(H,24,25,26). The zero-order chi connectivity index (χ0) is 19.3. The van der Waals surface area contributed by atoms with Crippen LogP contribution in [0.25, 0.3) is 11.3 Å². The Labute approximate surface area is 153 Å². The quantitative estimate of drug-likeness (QED) is 0.652. The van der Waals surface area contributed by atoms with Gasteiger partial charge in [0.05, 0.1) is 12.2 Å². The van der Waals surface area contributed by atoms with Crippen LogP contribution in [0.1, 0.15) is 23.2 Å². The highest BCUT2D eigenvalue weighted by Gasteiger charge is 2.32. The summed E-state index contributed by atoms with van der Waals surface area (Å²) < 4.78 is 45.2. The van der Waals surface area contributed by atoms with Gasteiger partial charge in [-0.3, -0.25) is 0 Å². The molecule has 0 saturated carbocycles. The highest BCUT2D eigenvalue weighted by atomic mass is 19.4. The van der Waals surface area contributed by atoms with Gasteiger partial charge < -0.3 is 4.74 Å². The van der Waals surface area contributed by atoms with Gasteiger partial charge in [0.1, 0.15) is 17.5 Å². The number of rotatable bonds is 6. The molecule has 3 aromatic rings. The number of hydrogen-bond acceptors (Lipinski definition) is 4. The van der Waals surface area contributed by atoms with Crippen LogP contribution in [0.15, 0.2) is 48.5 Å². The fraction of sp³-hybridized carbons (Fsp3) is 0.211. The van der Waals surface area contributed by atoms with Crippen molar-refractivity contribution in [3.05, 3.63) is 65.4 Å². The van der Waals surface area contributed by atoms with Gasteiger partial charge in [0.2, 0.25) is 0 Å². The lowest BCUT2D eigenvalue weighted by Crippen LogP contribution is -2.07. The highest BCUT2D eigenvalue weighted by molar-refractivity contribution is 5.67. The molecule has 0 unspecified atom stereocenters. The zero-order valence-corrected chi connectivity index (χ0v) is 14.1. The summed E-state index contributed by atoms with van der Waals surface area (Å²) in [6.07, 6.45) is -3.13. The van der Waals surface area contributed by atoms with Crippen molar-refractivity contribution in [3.8, 4) is 23.1 Å². The fourth-order valence-corrected chi connectivity index (χ4v) is 2.60. The molecule has 0 amide bonds. The Balaban J connectivity index is 1.78. The maximum atomic E-state index is 13.2. The van der Waals surface area contributed by atoms with Crippen LogP contribution < -0.4 is 4.74 Å². The van der Waals surface area contributed by atoms with E-state index in [1.165, 1.54) is 6.07 Å². The van der Waals surface area contributed by atoms with Crippen LogP contribution in [0.5, 0.6) is 5.75 Å². The summed E-state index contributed by atoms with van der Waals surface area (Å²) in [4.78, 5) is 0. The van der Waals surface area contributed by atoms with Crippen LogP contribution in [0.2, 0.25) is 0 Å². The smallest absolute Gasteiger partial charge is 0.416 e. The van der Waals surface area contributed by atoms with E-state index in [0.717, 1.165) is 24.1 Å². The number of nitrogens with zero attached hydrogens (tertiary/aromatic N) is 3. The van der Waals surface area contributed by atoms with Gasteiger partial charge in [-0.15, -0.1) is 5.10 Å². The maximum Gasteiger partial charge on any atom is 0.416 e. The molecule has 1 aromatic heterocycles. The number of H-pyrrole nitrogens is 1. The Morgan fingerprint density at radius 1 is 1.11 bits per heavy atom. The van der Waals surface area contributed by atoms with Crippen molar-refractivity contribution >= 4 is 0 Å². The van der Waals surface area contributed by atoms with Crippen LogP contribution in [0.3, 0.4) is 0 Å². The van der Waals surface area contributed by atoms with Gasteiger partial charge in [-0.25, -0.2) is 5.10 Å². The first-order valence-corrected chi connectivity index (χ1v) is 8.18. The van der Waals surface area contributed by atoms with Crippen LogP contribution in [-0.4, -0.2) is 22.0 Å². The number of hydrogen-bond donors (Lipinski definition) is 1. The number of aryl methyl sites for hydroxylation is 1. The molecular formula is C19H15F3N4O. The Kier molecular flexibility index (Phi) is 5.41. The van der Waals surface area contributed by atoms with E-state index in [4.69, 9.17) is 10.00 Å². The minimum Gasteiger partial charge on any atom is -0.494 e. The van der Waals surface area contributed by atoms with E-state index in [0.29, 0.717) is 6.42 Å². The number of aromatic amines is 1. The molecule has 0 fully saturated rings. The van der Waals surface area contributed by atoms with Crippen molar-refractivity contribution in [1.29, 1.82) is 5.26 Å². The number of nitriles is 1. The lowest BCUT2D eigenvalue weighted by molar-refractivity contribution is -0.137. The summed E-state index contributed by atoms with van der Waals surface area (Å²) in [7, 11) is 0. The molecule has 1 heterocycles. The molecule has 138 valence electrons. The minimum atomic E-state index is -4.55. The number of alkyl halides is 3. The first-order chi connectivity index (χ1) is 13.0. The average molecular weight is 372 g/mol. The molecule has 2 aromatic carbocycles. The van der Waals surface area contributed by atoms with E-state index in [2.05, 4.69) is 15.4 Å². The SMILES string of the molecule is N#Cc1[nH]nnc1-c1cc(OCCCc2ccccc2)cc(C(F)(F)F)c1. The Bertz CT molecular complexity index is 946. The largest absolute Gasteiger partial charge is 0.494 e. The van der Waals surface area contributed by atoms with Gasteiger partial charge in [-0.05, 0) is 36.6 Å². The van der Waals surface area contributed by atoms with Crippen molar-refractivity contribution in [1.82, 2.24) is 15.4 Å². The first kappa shape index (κ1) is 18.5.